The Bertz CT molecular complexity index is 706. The fraction of sp³-hybridized carbons (Fsp3) is 0.235. The van der Waals surface area contributed by atoms with Crippen molar-refractivity contribution in [2.75, 3.05) is 10.6 Å². The highest BCUT2D eigenvalue weighted by Crippen LogP contribution is 2.30. The third kappa shape index (κ3) is 3.49. The number of rotatable bonds is 4. The molecule has 1 aromatic heterocycles. The summed E-state index contributed by atoms with van der Waals surface area (Å²) in [5, 5.41) is 5.67. The maximum absolute atomic E-state index is 12.1. The smallest absolute Gasteiger partial charge is 0.257 e. The van der Waals surface area contributed by atoms with Crippen molar-refractivity contribution in [2.24, 2.45) is 5.92 Å². The van der Waals surface area contributed by atoms with Gasteiger partial charge in [-0.2, -0.15) is 0 Å². The zero-order valence-corrected chi connectivity index (χ0v) is 12.3. The van der Waals surface area contributed by atoms with Crippen molar-refractivity contribution in [1.29, 1.82) is 0 Å². The number of carbonyl (C=O) groups excluding carboxylic acids is 2. The molecule has 5 heteroatoms. The zero-order valence-electron chi connectivity index (χ0n) is 12.3. The number of nitrogens with zero attached hydrogens (tertiary/aromatic N) is 1. The van der Waals surface area contributed by atoms with Crippen molar-refractivity contribution in [3.05, 3.63) is 53.9 Å². The van der Waals surface area contributed by atoms with Gasteiger partial charge in [0.2, 0.25) is 5.91 Å². The molecule has 0 aliphatic heterocycles. The van der Waals surface area contributed by atoms with Crippen LogP contribution in [0.1, 0.15) is 28.9 Å². The van der Waals surface area contributed by atoms with E-state index in [0.29, 0.717) is 16.9 Å². The van der Waals surface area contributed by atoms with Gasteiger partial charge in [-0.1, -0.05) is 6.07 Å². The summed E-state index contributed by atoms with van der Waals surface area (Å²) in [7, 11) is 0. The number of aromatic nitrogens is 1. The highest BCUT2D eigenvalue weighted by atomic mass is 16.2. The summed E-state index contributed by atoms with van der Waals surface area (Å²) in [6.45, 7) is 1.87. The number of anilines is 2. The second kappa shape index (κ2) is 5.97. The molecule has 0 atom stereocenters. The van der Waals surface area contributed by atoms with Crippen molar-refractivity contribution in [1.82, 2.24) is 4.98 Å². The van der Waals surface area contributed by atoms with Crippen LogP contribution in [0.25, 0.3) is 0 Å². The van der Waals surface area contributed by atoms with Gasteiger partial charge in [0.05, 0.1) is 5.56 Å². The molecule has 1 aromatic carbocycles. The fourth-order valence-electron chi connectivity index (χ4n) is 2.07. The average molecular weight is 295 g/mol. The van der Waals surface area contributed by atoms with Gasteiger partial charge in [-0.05, 0) is 50.1 Å². The number of amides is 2. The minimum absolute atomic E-state index is 0.0474. The van der Waals surface area contributed by atoms with Gasteiger partial charge in [0.25, 0.3) is 5.91 Å². The van der Waals surface area contributed by atoms with Crippen LogP contribution in [-0.4, -0.2) is 16.8 Å². The maximum atomic E-state index is 12.1. The highest BCUT2D eigenvalue weighted by Gasteiger charge is 2.29. The minimum atomic E-state index is -0.224. The van der Waals surface area contributed by atoms with E-state index in [4.69, 9.17) is 0 Å². The third-order valence-corrected chi connectivity index (χ3v) is 3.51. The van der Waals surface area contributed by atoms with Crippen molar-refractivity contribution >= 4 is 23.2 Å². The lowest BCUT2D eigenvalue weighted by Gasteiger charge is -2.08. The van der Waals surface area contributed by atoms with Crippen LogP contribution < -0.4 is 10.6 Å². The van der Waals surface area contributed by atoms with Gasteiger partial charge in [0, 0.05) is 29.2 Å². The molecule has 1 aliphatic carbocycles. The topological polar surface area (TPSA) is 71.1 Å². The van der Waals surface area contributed by atoms with E-state index in [1.54, 1.807) is 36.5 Å². The Morgan fingerprint density at radius 1 is 1.09 bits per heavy atom. The first kappa shape index (κ1) is 14.3. The highest BCUT2D eigenvalue weighted by molar-refractivity contribution is 6.04. The van der Waals surface area contributed by atoms with Crippen LogP contribution in [0, 0.1) is 12.8 Å². The zero-order chi connectivity index (χ0) is 15.5. The van der Waals surface area contributed by atoms with Gasteiger partial charge in [-0.25, -0.2) is 0 Å². The summed E-state index contributed by atoms with van der Waals surface area (Å²) in [6, 6.07) is 10.7. The summed E-state index contributed by atoms with van der Waals surface area (Å²) in [6.07, 6.45) is 3.47. The molecular formula is C17H17N3O2. The summed E-state index contributed by atoms with van der Waals surface area (Å²) in [4.78, 5) is 28.0. The number of nitrogens with one attached hydrogen (secondary N) is 2. The van der Waals surface area contributed by atoms with Gasteiger partial charge < -0.3 is 10.6 Å². The van der Waals surface area contributed by atoms with Gasteiger partial charge >= 0.3 is 0 Å². The first-order valence-corrected chi connectivity index (χ1v) is 7.27. The summed E-state index contributed by atoms with van der Waals surface area (Å²) >= 11 is 0. The van der Waals surface area contributed by atoms with Crippen molar-refractivity contribution in [3.8, 4) is 0 Å². The van der Waals surface area contributed by atoms with Crippen LogP contribution >= 0.6 is 0 Å². The normalized spacial score (nSPS) is 13.5. The Balaban J connectivity index is 1.67. The molecule has 112 valence electrons. The first-order valence-electron chi connectivity index (χ1n) is 7.27. The Kier molecular flexibility index (Phi) is 3.87. The summed E-state index contributed by atoms with van der Waals surface area (Å²) in [5.41, 5.74) is 2.69. The van der Waals surface area contributed by atoms with E-state index in [-0.39, 0.29) is 17.7 Å². The Hall–Kier alpha value is -2.69. The third-order valence-electron chi connectivity index (χ3n) is 3.51. The number of aryl methyl sites for hydroxylation is 1. The molecule has 1 heterocycles. The van der Waals surface area contributed by atoms with E-state index in [1.165, 1.54) is 0 Å². The molecule has 3 rings (SSSR count). The predicted molar refractivity (Wildman–Crippen MR) is 84.7 cm³/mol. The van der Waals surface area contributed by atoms with E-state index < -0.39 is 0 Å². The molecule has 2 aromatic rings. The number of hydrogen-bond donors (Lipinski definition) is 2. The Labute approximate surface area is 128 Å². The van der Waals surface area contributed by atoms with Crippen LogP contribution in [0.15, 0.2) is 42.6 Å². The molecular weight excluding hydrogens is 278 g/mol. The molecule has 1 saturated carbocycles. The van der Waals surface area contributed by atoms with Gasteiger partial charge in [-0.3, -0.25) is 14.6 Å². The van der Waals surface area contributed by atoms with E-state index in [9.17, 15) is 9.59 Å². The monoisotopic (exact) mass is 295 g/mol. The summed E-state index contributed by atoms with van der Waals surface area (Å²) < 4.78 is 0. The Morgan fingerprint density at radius 3 is 2.45 bits per heavy atom. The van der Waals surface area contributed by atoms with Crippen molar-refractivity contribution in [3.63, 3.8) is 0 Å². The molecule has 1 aliphatic rings. The molecule has 0 spiro atoms. The molecule has 0 radical (unpaired) electrons. The maximum Gasteiger partial charge on any atom is 0.257 e. The number of benzene rings is 1. The molecule has 0 saturated heterocycles. The van der Waals surface area contributed by atoms with Crippen LogP contribution in [0.3, 0.4) is 0 Å². The number of pyridine rings is 1. The number of carbonyl (C=O) groups is 2. The van der Waals surface area contributed by atoms with Crippen molar-refractivity contribution < 1.29 is 9.59 Å². The number of hydrogen-bond acceptors (Lipinski definition) is 3. The molecule has 0 bridgehead atoms. The quantitative estimate of drug-likeness (QED) is 0.911. The van der Waals surface area contributed by atoms with E-state index in [0.717, 1.165) is 18.5 Å². The van der Waals surface area contributed by atoms with Crippen LogP contribution in [0.5, 0.6) is 0 Å². The van der Waals surface area contributed by atoms with E-state index >= 15 is 0 Å². The second-order valence-corrected chi connectivity index (χ2v) is 5.49. The lowest BCUT2D eigenvalue weighted by atomic mass is 10.2. The average Bonchev–Trinajstić information content (AvgIpc) is 3.33. The van der Waals surface area contributed by atoms with Crippen molar-refractivity contribution in [2.45, 2.75) is 19.8 Å². The lowest BCUT2D eigenvalue weighted by Crippen LogP contribution is -2.15. The van der Waals surface area contributed by atoms with E-state index in [1.807, 2.05) is 13.0 Å². The summed E-state index contributed by atoms with van der Waals surface area (Å²) in [5.74, 6) is -0.0266. The largest absolute Gasteiger partial charge is 0.326 e. The van der Waals surface area contributed by atoms with Crippen LogP contribution in [0.2, 0.25) is 0 Å². The van der Waals surface area contributed by atoms with Gasteiger partial charge in [0.15, 0.2) is 0 Å². The lowest BCUT2D eigenvalue weighted by molar-refractivity contribution is -0.117. The van der Waals surface area contributed by atoms with Crippen LogP contribution in [0.4, 0.5) is 11.4 Å². The second-order valence-electron chi connectivity index (χ2n) is 5.49. The molecule has 22 heavy (non-hydrogen) atoms. The molecule has 2 amide bonds. The first-order chi connectivity index (χ1) is 10.6. The SMILES string of the molecule is Cc1ccc(C(=O)Nc2cccc(NC(=O)C3CC3)c2)cn1. The fourth-order valence-corrected chi connectivity index (χ4v) is 2.07. The minimum Gasteiger partial charge on any atom is -0.326 e. The molecule has 0 unspecified atom stereocenters. The molecule has 2 N–H and O–H groups in total. The van der Waals surface area contributed by atoms with E-state index in [2.05, 4.69) is 15.6 Å². The molecule has 5 nitrogen and oxygen atoms in total. The standard InChI is InChI=1S/C17H17N3O2/c1-11-5-6-13(10-18-11)17(22)20-15-4-2-3-14(9-15)19-16(21)12-7-8-12/h2-6,9-10,12H,7-8H2,1H3,(H,19,21)(H,20,22). The molecule has 1 fully saturated rings. The van der Waals surface area contributed by atoms with Gasteiger partial charge in [0.1, 0.15) is 0 Å². The van der Waals surface area contributed by atoms with Gasteiger partial charge in [-0.15, -0.1) is 0 Å². The van der Waals surface area contributed by atoms with Crippen LogP contribution in [-0.2, 0) is 4.79 Å². The predicted octanol–water partition coefficient (Wildman–Crippen LogP) is 2.99. The Morgan fingerprint density at radius 2 is 1.82 bits per heavy atom.